The first-order valence-electron chi connectivity index (χ1n) is 8.32. The Balaban J connectivity index is 1.43. The number of morpholine rings is 1. The first-order chi connectivity index (χ1) is 12.7. The fourth-order valence-electron chi connectivity index (χ4n) is 2.50. The molecule has 1 aromatic carbocycles. The van der Waals surface area contributed by atoms with Crippen molar-refractivity contribution >= 4 is 29.3 Å². The topological polar surface area (TPSA) is 81.0 Å². The van der Waals surface area contributed by atoms with Crippen LogP contribution in [0.1, 0.15) is 5.76 Å². The largest absolute Gasteiger partial charge is 0.465 e. The lowest BCUT2D eigenvalue weighted by molar-refractivity contribution is -0.142. The quantitative estimate of drug-likeness (QED) is 0.632. The van der Waals surface area contributed by atoms with Crippen LogP contribution < -0.4 is 10.2 Å². The predicted molar refractivity (Wildman–Crippen MR) is 96.8 cm³/mol. The summed E-state index contributed by atoms with van der Waals surface area (Å²) in [5.41, 5.74) is 1.73. The predicted octanol–water partition coefficient (Wildman–Crippen LogP) is 2.31. The van der Waals surface area contributed by atoms with E-state index in [4.69, 9.17) is 13.9 Å². The van der Waals surface area contributed by atoms with Crippen molar-refractivity contribution in [3.05, 3.63) is 54.5 Å². The van der Waals surface area contributed by atoms with Crippen molar-refractivity contribution in [3.8, 4) is 0 Å². The van der Waals surface area contributed by atoms with E-state index in [2.05, 4.69) is 10.2 Å². The molecular weight excluding hydrogens is 336 g/mol. The normalized spacial score (nSPS) is 14.4. The zero-order chi connectivity index (χ0) is 18.2. The summed E-state index contributed by atoms with van der Waals surface area (Å²) < 4.78 is 15.3. The van der Waals surface area contributed by atoms with Gasteiger partial charge in [-0.1, -0.05) is 0 Å². The molecule has 7 heteroatoms. The molecule has 3 rings (SSSR count). The molecule has 0 saturated carbocycles. The summed E-state index contributed by atoms with van der Waals surface area (Å²) in [6.07, 6.45) is 4.19. The molecule has 0 bridgehead atoms. The summed E-state index contributed by atoms with van der Waals surface area (Å²) >= 11 is 0. The standard InChI is InChI=1S/C19H20N2O5/c22-18(14-26-19(23)8-7-17-2-1-11-25-17)20-15-3-5-16(6-4-15)21-9-12-24-13-10-21/h1-8,11H,9-10,12-14H2,(H,20,22)/b8-7+. The highest BCUT2D eigenvalue weighted by Gasteiger charge is 2.11. The third-order valence-corrected chi connectivity index (χ3v) is 3.80. The number of ether oxygens (including phenoxy) is 2. The van der Waals surface area contributed by atoms with Crippen molar-refractivity contribution in [1.29, 1.82) is 0 Å². The van der Waals surface area contributed by atoms with Gasteiger partial charge in [0.1, 0.15) is 5.76 Å². The lowest BCUT2D eigenvalue weighted by Crippen LogP contribution is -2.36. The number of rotatable bonds is 6. The minimum Gasteiger partial charge on any atom is -0.465 e. The Morgan fingerprint density at radius 3 is 2.62 bits per heavy atom. The molecule has 0 aliphatic carbocycles. The Labute approximate surface area is 151 Å². The number of carbonyl (C=O) groups is 2. The van der Waals surface area contributed by atoms with Gasteiger partial charge in [-0.05, 0) is 42.5 Å². The van der Waals surface area contributed by atoms with Gasteiger partial charge in [0.25, 0.3) is 5.91 Å². The number of furan rings is 1. The minimum atomic E-state index is -0.612. The molecule has 1 amide bonds. The third kappa shape index (κ3) is 5.22. The molecule has 0 unspecified atom stereocenters. The first-order valence-corrected chi connectivity index (χ1v) is 8.32. The Kier molecular flexibility index (Phi) is 6.05. The summed E-state index contributed by atoms with van der Waals surface area (Å²) in [6, 6.07) is 10.9. The Hall–Kier alpha value is -3.06. The van der Waals surface area contributed by atoms with Gasteiger partial charge in [-0.15, -0.1) is 0 Å². The molecule has 1 N–H and O–H groups in total. The molecule has 2 heterocycles. The maximum absolute atomic E-state index is 11.9. The van der Waals surface area contributed by atoms with Gasteiger partial charge in [0.05, 0.1) is 19.5 Å². The van der Waals surface area contributed by atoms with Crippen LogP contribution in [0.2, 0.25) is 0 Å². The van der Waals surface area contributed by atoms with Gasteiger partial charge in [0.2, 0.25) is 0 Å². The zero-order valence-electron chi connectivity index (χ0n) is 14.2. The maximum atomic E-state index is 11.9. The van der Waals surface area contributed by atoms with Crippen LogP contribution in [0.25, 0.3) is 6.08 Å². The lowest BCUT2D eigenvalue weighted by Gasteiger charge is -2.28. The van der Waals surface area contributed by atoms with E-state index in [1.165, 1.54) is 18.4 Å². The van der Waals surface area contributed by atoms with E-state index >= 15 is 0 Å². The SMILES string of the molecule is O=C(COC(=O)/C=C/c1ccco1)Nc1ccc(N2CCOCC2)cc1. The molecule has 1 aliphatic heterocycles. The second-order valence-corrected chi connectivity index (χ2v) is 5.65. The fourth-order valence-corrected chi connectivity index (χ4v) is 2.50. The van der Waals surface area contributed by atoms with E-state index in [1.54, 1.807) is 12.1 Å². The Morgan fingerprint density at radius 1 is 1.15 bits per heavy atom. The van der Waals surface area contributed by atoms with E-state index < -0.39 is 11.9 Å². The zero-order valence-corrected chi connectivity index (χ0v) is 14.2. The van der Waals surface area contributed by atoms with E-state index in [1.807, 2.05) is 24.3 Å². The highest BCUT2D eigenvalue weighted by Crippen LogP contribution is 2.19. The molecule has 136 valence electrons. The van der Waals surface area contributed by atoms with E-state index in [-0.39, 0.29) is 6.61 Å². The molecule has 1 fully saturated rings. The molecule has 7 nitrogen and oxygen atoms in total. The average molecular weight is 356 g/mol. The number of benzene rings is 1. The van der Waals surface area contributed by atoms with Crippen molar-refractivity contribution < 1.29 is 23.5 Å². The van der Waals surface area contributed by atoms with E-state index in [0.717, 1.165) is 32.0 Å². The Bertz CT molecular complexity index is 747. The maximum Gasteiger partial charge on any atom is 0.331 e. The van der Waals surface area contributed by atoms with Crippen molar-refractivity contribution in [2.24, 2.45) is 0 Å². The van der Waals surface area contributed by atoms with Crippen molar-refractivity contribution in [1.82, 2.24) is 0 Å². The molecule has 0 radical (unpaired) electrons. The summed E-state index contributed by atoms with van der Waals surface area (Å²) in [5, 5.41) is 2.70. The molecule has 1 aromatic heterocycles. The number of anilines is 2. The van der Waals surface area contributed by atoms with Gasteiger partial charge in [-0.2, -0.15) is 0 Å². The summed E-state index contributed by atoms with van der Waals surface area (Å²) in [7, 11) is 0. The number of carbonyl (C=O) groups excluding carboxylic acids is 2. The van der Waals surface area contributed by atoms with Crippen LogP contribution in [0.15, 0.2) is 53.2 Å². The molecule has 26 heavy (non-hydrogen) atoms. The molecule has 1 saturated heterocycles. The molecule has 1 aliphatic rings. The minimum absolute atomic E-state index is 0.355. The van der Waals surface area contributed by atoms with Crippen LogP contribution in [0.3, 0.4) is 0 Å². The fraction of sp³-hybridized carbons (Fsp3) is 0.263. The van der Waals surface area contributed by atoms with Crippen LogP contribution in [0.4, 0.5) is 11.4 Å². The van der Waals surface area contributed by atoms with Crippen LogP contribution in [-0.4, -0.2) is 44.8 Å². The third-order valence-electron chi connectivity index (χ3n) is 3.80. The number of hydrogen-bond acceptors (Lipinski definition) is 6. The van der Waals surface area contributed by atoms with Gasteiger partial charge in [-0.3, -0.25) is 4.79 Å². The van der Waals surface area contributed by atoms with Crippen molar-refractivity contribution in [2.45, 2.75) is 0 Å². The number of esters is 1. The van der Waals surface area contributed by atoms with Crippen molar-refractivity contribution in [2.75, 3.05) is 43.1 Å². The van der Waals surface area contributed by atoms with Crippen LogP contribution in [0, 0.1) is 0 Å². The second kappa shape index (κ2) is 8.87. The smallest absolute Gasteiger partial charge is 0.331 e. The number of hydrogen-bond donors (Lipinski definition) is 1. The van der Waals surface area contributed by atoms with Crippen LogP contribution >= 0.6 is 0 Å². The summed E-state index contributed by atoms with van der Waals surface area (Å²) in [4.78, 5) is 25.7. The summed E-state index contributed by atoms with van der Waals surface area (Å²) in [5.74, 6) is -0.477. The molecule has 2 aromatic rings. The average Bonchev–Trinajstić information content (AvgIpc) is 3.20. The monoisotopic (exact) mass is 356 g/mol. The van der Waals surface area contributed by atoms with Gasteiger partial charge in [0.15, 0.2) is 6.61 Å². The van der Waals surface area contributed by atoms with Gasteiger partial charge < -0.3 is 24.1 Å². The molecule has 0 spiro atoms. The van der Waals surface area contributed by atoms with E-state index in [9.17, 15) is 9.59 Å². The number of nitrogens with zero attached hydrogens (tertiary/aromatic N) is 1. The highest BCUT2D eigenvalue weighted by molar-refractivity contribution is 5.94. The first kappa shape index (κ1) is 17.8. The number of nitrogens with one attached hydrogen (secondary N) is 1. The van der Waals surface area contributed by atoms with Crippen LogP contribution in [-0.2, 0) is 19.1 Å². The van der Waals surface area contributed by atoms with Gasteiger partial charge in [0, 0.05) is 30.5 Å². The van der Waals surface area contributed by atoms with Gasteiger partial charge >= 0.3 is 5.97 Å². The van der Waals surface area contributed by atoms with Crippen LogP contribution in [0.5, 0.6) is 0 Å². The Morgan fingerprint density at radius 2 is 1.92 bits per heavy atom. The number of amides is 1. The highest BCUT2D eigenvalue weighted by atomic mass is 16.5. The van der Waals surface area contributed by atoms with Crippen molar-refractivity contribution in [3.63, 3.8) is 0 Å². The lowest BCUT2D eigenvalue weighted by atomic mass is 10.2. The summed E-state index contributed by atoms with van der Waals surface area (Å²) in [6.45, 7) is 2.79. The van der Waals surface area contributed by atoms with E-state index in [0.29, 0.717) is 11.4 Å². The second-order valence-electron chi connectivity index (χ2n) is 5.65. The molecular formula is C19H20N2O5. The molecule has 0 atom stereocenters. The van der Waals surface area contributed by atoms with Gasteiger partial charge in [-0.25, -0.2) is 4.79 Å².